The third-order valence-electron chi connectivity index (χ3n) is 4.99. The summed E-state index contributed by atoms with van der Waals surface area (Å²) in [5, 5.41) is 3.53. The highest BCUT2D eigenvalue weighted by molar-refractivity contribution is 5.81. The molecule has 0 aliphatic rings. The van der Waals surface area contributed by atoms with E-state index in [1.54, 1.807) is 43.3 Å². The number of carbonyl (C=O) groups is 1. The number of nitrogens with one attached hydrogen (secondary N) is 1. The number of ether oxygens (including phenoxy) is 1. The molecule has 3 N–H and O–H groups in total. The maximum Gasteiger partial charge on any atom is 0.389 e. The largest absolute Gasteiger partial charge is 0.457 e. The fourth-order valence-electron chi connectivity index (χ4n) is 3.25. The van der Waals surface area contributed by atoms with Crippen LogP contribution in [0.15, 0.2) is 59.4 Å². The van der Waals surface area contributed by atoms with Crippen LogP contribution in [-0.4, -0.2) is 22.7 Å². The van der Waals surface area contributed by atoms with Crippen LogP contribution in [0.2, 0.25) is 0 Å². The summed E-state index contributed by atoms with van der Waals surface area (Å²) in [5.41, 5.74) is 5.61. The molecular formula is C23H24F3N3O3. The van der Waals surface area contributed by atoms with E-state index in [4.69, 9.17) is 10.5 Å². The number of alkyl halides is 3. The van der Waals surface area contributed by atoms with Gasteiger partial charge in [-0.2, -0.15) is 13.2 Å². The first-order valence-electron chi connectivity index (χ1n) is 10.1. The van der Waals surface area contributed by atoms with Gasteiger partial charge in [-0.3, -0.25) is 9.59 Å². The normalized spacial score (nSPS) is 12.6. The highest BCUT2D eigenvalue weighted by Crippen LogP contribution is 2.27. The molecule has 0 spiro atoms. The Morgan fingerprint density at radius 3 is 2.50 bits per heavy atom. The van der Waals surface area contributed by atoms with E-state index in [2.05, 4.69) is 5.32 Å². The highest BCUT2D eigenvalue weighted by Gasteiger charge is 2.26. The Morgan fingerprint density at radius 1 is 1.12 bits per heavy atom. The summed E-state index contributed by atoms with van der Waals surface area (Å²) in [6.45, 7) is 1.52. The lowest BCUT2D eigenvalue weighted by Crippen LogP contribution is -2.39. The predicted octanol–water partition coefficient (Wildman–Crippen LogP) is 4.10. The summed E-state index contributed by atoms with van der Waals surface area (Å²) < 4.78 is 45.2. The molecule has 1 heterocycles. The van der Waals surface area contributed by atoms with Crippen molar-refractivity contribution in [2.24, 2.45) is 5.73 Å². The molecule has 2 aromatic carbocycles. The van der Waals surface area contributed by atoms with Crippen molar-refractivity contribution < 1.29 is 22.7 Å². The maximum absolute atomic E-state index is 13.1. The Balaban J connectivity index is 1.98. The van der Waals surface area contributed by atoms with Crippen molar-refractivity contribution in [2.75, 3.05) is 0 Å². The van der Waals surface area contributed by atoms with E-state index in [1.165, 1.54) is 4.57 Å². The number of aryl methyl sites for hydroxylation is 1. The lowest BCUT2D eigenvalue weighted by molar-refractivity contribution is -0.135. The Hall–Kier alpha value is -3.33. The molecule has 1 unspecified atom stereocenters. The van der Waals surface area contributed by atoms with Gasteiger partial charge in [0.05, 0.1) is 11.6 Å². The standard InChI is InChI=1S/C23H24F3N3O3/c1-15(21(27)30)28-14-17-12-16-8-9-19(32-18-6-3-2-4-7-18)13-20(16)29(22(17)31)11-5-10-23(24,25)26/h2-4,6-9,12-13,15,28H,5,10-11,14H2,1H3,(H2,27,30). The molecule has 0 aliphatic heterocycles. The average molecular weight is 447 g/mol. The van der Waals surface area contributed by atoms with Crippen LogP contribution in [0.4, 0.5) is 13.2 Å². The van der Waals surface area contributed by atoms with Gasteiger partial charge in [0.15, 0.2) is 0 Å². The molecular weight excluding hydrogens is 423 g/mol. The fraction of sp³-hybridized carbons (Fsp3) is 0.304. The number of carbonyl (C=O) groups excluding carboxylic acids is 1. The summed E-state index contributed by atoms with van der Waals surface area (Å²) in [6, 6.07) is 15.1. The Labute approximate surface area is 182 Å². The van der Waals surface area contributed by atoms with Gasteiger partial charge >= 0.3 is 6.18 Å². The number of rotatable bonds is 9. The van der Waals surface area contributed by atoms with Crippen molar-refractivity contribution in [3.8, 4) is 11.5 Å². The SMILES string of the molecule is CC(NCc1cc2ccc(Oc3ccccc3)cc2n(CCCC(F)(F)F)c1=O)C(N)=O. The predicted molar refractivity (Wildman–Crippen MR) is 116 cm³/mol. The smallest absolute Gasteiger partial charge is 0.389 e. The van der Waals surface area contributed by atoms with Crippen LogP contribution in [0.1, 0.15) is 25.3 Å². The van der Waals surface area contributed by atoms with Crippen LogP contribution in [-0.2, 0) is 17.9 Å². The number of nitrogens with two attached hydrogens (primary N) is 1. The number of aromatic nitrogens is 1. The second kappa shape index (κ2) is 9.86. The van der Waals surface area contributed by atoms with Crippen LogP contribution < -0.4 is 21.3 Å². The average Bonchev–Trinajstić information content (AvgIpc) is 2.74. The van der Waals surface area contributed by atoms with Gasteiger partial charge in [0.25, 0.3) is 5.56 Å². The van der Waals surface area contributed by atoms with Gasteiger partial charge < -0.3 is 20.4 Å². The fourth-order valence-corrected chi connectivity index (χ4v) is 3.25. The first-order valence-corrected chi connectivity index (χ1v) is 10.1. The van der Waals surface area contributed by atoms with Crippen molar-refractivity contribution in [1.29, 1.82) is 0 Å². The van der Waals surface area contributed by atoms with Crippen molar-refractivity contribution in [3.05, 3.63) is 70.5 Å². The first kappa shape index (κ1) is 23.3. The number of fused-ring (bicyclic) bond motifs is 1. The van der Waals surface area contributed by atoms with E-state index in [0.29, 0.717) is 28.0 Å². The van der Waals surface area contributed by atoms with Crippen LogP contribution >= 0.6 is 0 Å². The molecule has 3 rings (SSSR count). The second-order valence-corrected chi connectivity index (χ2v) is 7.49. The second-order valence-electron chi connectivity index (χ2n) is 7.49. The molecule has 0 saturated carbocycles. The number of nitrogens with zero attached hydrogens (tertiary/aromatic N) is 1. The summed E-state index contributed by atoms with van der Waals surface area (Å²) in [7, 11) is 0. The summed E-state index contributed by atoms with van der Waals surface area (Å²) in [6.07, 6.45) is -5.55. The number of para-hydroxylation sites is 1. The number of benzene rings is 2. The molecule has 3 aromatic rings. The molecule has 1 aromatic heterocycles. The minimum absolute atomic E-state index is 0.0560. The maximum atomic E-state index is 13.1. The quantitative estimate of drug-likeness (QED) is 0.517. The summed E-state index contributed by atoms with van der Waals surface area (Å²) in [4.78, 5) is 24.3. The number of hydrogen-bond donors (Lipinski definition) is 2. The van der Waals surface area contributed by atoms with Crippen LogP contribution in [0, 0.1) is 0 Å². The lowest BCUT2D eigenvalue weighted by atomic mass is 10.1. The molecule has 0 radical (unpaired) electrons. The number of halogens is 3. The molecule has 0 aliphatic carbocycles. The highest BCUT2D eigenvalue weighted by atomic mass is 19.4. The Kier molecular flexibility index (Phi) is 7.19. The molecule has 0 fully saturated rings. The molecule has 1 atom stereocenters. The molecule has 0 saturated heterocycles. The number of amides is 1. The van der Waals surface area contributed by atoms with Gasteiger partial charge in [0, 0.05) is 31.1 Å². The van der Waals surface area contributed by atoms with Crippen molar-refractivity contribution >= 4 is 16.8 Å². The zero-order chi connectivity index (χ0) is 23.3. The van der Waals surface area contributed by atoms with Gasteiger partial charge in [-0.05, 0) is 49.1 Å². The number of hydrogen-bond acceptors (Lipinski definition) is 4. The van der Waals surface area contributed by atoms with Crippen molar-refractivity contribution in [2.45, 2.75) is 45.1 Å². The summed E-state index contributed by atoms with van der Waals surface area (Å²) >= 11 is 0. The first-order chi connectivity index (χ1) is 15.1. The Morgan fingerprint density at radius 2 is 1.84 bits per heavy atom. The summed E-state index contributed by atoms with van der Waals surface area (Å²) in [5.74, 6) is 0.485. The van der Waals surface area contributed by atoms with Gasteiger partial charge in [-0.15, -0.1) is 0 Å². The van der Waals surface area contributed by atoms with E-state index >= 15 is 0 Å². The van der Waals surface area contributed by atoms with E-state index < -0.39 is 30.1 Å². The zero-order valence-corrected chi connectivity index (χ0v) is 17.5. The zero-order valence-electron chi connectivity index (χ0n) is 17.5. The lowest BCUT2D eigenvalue weighted by Gasteiger charge is -2.16. The topological polar surface area (TPSA) is 86.3 Å². The van der Waals surface area contributed by atoms with Crippen LogP contribution in [0.25, 0.3) is 10.9 Å². The van der Waals surface area contributed by atoms with Gasteiger partial charge in [0.1, 0.15) is 11.5 Å². The molecule has 1 amide bonds. The number of primary amides is 1. The molecule has 9 heteroatoms. The van der Waals surface area contributed by atoms with Crippen molar-refractivity contribution in [1.82, 2.24) is 9.88 Å². The van der Waals surface area contributed by atoms with E-state index in [9.17, 15) is 22.8 Å². The van der Waals surface area contributed by atoms with E-state index in [-0.39, 0.29) is 19.5 Å². The third-order valence-corrected chi connectivity index (χ3v) is 4.99. The monoisotopic (exact) mass is 447 g/mol. The molecule has 0 bridgehead atoms. The molecule has 170 valence electrons. The van der Waals surface area contributed by atoms with Crippen LogP contribution in [0.3, 0.4) is 0 Å². The van der Waals surface area contributed by atoms with Gasteiger partial charge in [0.2, 0.25) is 5.91 Å². The minimum Gasteiger partial charge on any atom is -0.457 e. The van der Waals surface area contributed by atoms with Crippen molar-refractivity contribution in [3.63, 3.8) is 0 Å². The van der Waals surface area contributed by atoms with Crippen LogP contribution in [0.5, 0.6) is 11.5 Å². The Bertz CT molecular complexity index is 1140. The van der Waals surface area contributed by atoms with E-state index in [0.717, 1.165) is 0 Å². The number of pyridine rings is 1. The van der Waals surface area contributed by atoms with Gasteiger partial charge in [-0.25, -0.2) is 0 Å². The molecule has 6 nitrogen and oxygen atoms in total. The van der Waals surface area contributed by atoms with E-state index in [1.807, 2.05) is 18.2 Å². The molecule has 32 heavy (non-hydrogen) atoms. The minimum atomic E-state index is -4.31. The third kappa shape index (κ3) is 6.10. The van der Waals surface area contributed by atoms with Gasteiger partial charge in [-0.1, -0.05) is 18.2 Å².